The number of hydrogen-bond donors (Lipinski definition) is 2. The van der Waals surface area contributed by atoms with Crippen LogP contribution < -0.4 is 11.1 Å². The minimum atomic E-state index is -0.737. The van der Waals surface area contributed by atoms with Gasteiger partial charge >= 0.3 is 0 Å². The van der Waals surface area contributed by atoms with Crippen molar-refractivity contribution in [3.05, 3.63) is 60.7 Å². The fourth-order valence-corrected chi connectivity index (χ4v) is 2.07. The molecule has 0 saturated heterocycles. The number of nitrogens with one attached hydrogen (secondary N) is 1. The average Bonchev–Trinajstić information content (AvgIpc) is 2.46. The van der Waals surface area contributed by atoms with Crippen LogP contribution in [-0.4, -0.2) is 17.9 Å². The highest BCUT2D eigenvalue weighted by molar-refractivity contribution is 6.08. The molecule has 102 valence electrons. The standard InChI is InChI=1S/C16H16N2O2/c1-2-6-14(15(17)19)18-16(20)13-10-5-8-11-7-3-4-9-12(11)13/h2-5,7-10,14H,1,6H2,(H2,17,19)(H,18,20)/t14-/m1/s1. The summed E-state index contributed by atoms with van der Waals surface area (Å²) in [4.78, 5) is 23.6. The van der Waals surface area contributed by atoms with Gasteiger partial charge in [0.25, 0.3) is 5.91 Å². The first-order valence-corrected chi connectivity index (χ1v) is 6.32. The summed E-state index contributed by atoms with van der Waals surface area (Å²) in [7, 11) is 0. The van der Waals surface area contributed by atoms with E-state index in [0.717, 1.165) is 10.8 Å². The molecule has 4 nitrogen and oxygen atoms in total. The van der Waals surface area contributed by atoms with Gasteiger partial charge in [-0.1, -0.05) is 42.5 Å². The molecule has 2 rings (SSSR count). The fourth-order valence-electron chi connectivity index (χ4n) is 2.07. The molecule has 0 saturated carbocycles. The van der Waals surface area contributed by atoms with E-state index < -0.39 is 11.9 Å². The molecule has 0 aliphatic carbocycles. The molecule has 1 atom stereocenters. The highest BCUT2D eigenvalue weighted by Gasteiger charge is 2.18. The maximum absolute atomic E-state index is 12.3. The second-order valence-corrected chi connectivity index (χ2v) is 4.48. The van der Waals surface area contributed by atoms with Crippen molar-refractivity contribution in [1.82, 2.24) is 5.32 Å². The molecule has 3 N–H and O–H groups in total. The van der Waals surface area contributed by atoms with E-state index in [0.29, 0.717) is 12.0 Å². The van der Waals surface area contributed by atoms with Gasteiger partial charge in [-0.3, -0.25) is 9.59 Å². The normalized spacial score (nSPS) is 11.8. The van der Waals surface area contributed by atoms with Crippen molar-refractivity contribution in [1.29, 1.82) is 0 Å². The van der Waals surface area contributed by atoms with Gasteiger partial charge in [0.05, 0.1) is 0 Å². The molecule has 2 aromatic rings. The Morgan fingerprint density at radius 2 is 1.90 bits per heavy atom. The van der Waals surface area contributed by atoms with Crippen LogP contribution in [0.15, 0.2) is 55.1 Å². The summed E-state index contributed by atoms with van der Waals surface area (Å²) in [5.41, 5.74) is 5.79. The van der Waals surface area contributed by atoms with Gasteiger partial charge in [-0.15, -0.1) is 6.58 Å². The Hall–Kier alpha value is -2.62. The minimum absolute atomic E-state index is 0.311. The molecule has 0 aliphatic heterocycles. The van der Waals surface area contributed by atoms with E-state index >= 15 is 0 Å². The van der Waals surface area contributed by atoms with Crippen LogP contribution in [0.25, 0.3) is 10.8 Å². The maximum Gasteiger partial charge on any atom is 0.252 e. The zero-order valence-electron chi connectivity index (χ0n) is 11.0. The summed E-state index contributed by atoms with van der Waals surface area (Å²) in [5.74, 6) is -0.883. The molecule has 0 unspecified atom stereocenters. The number of primary amides is 1. The summed E-state index contributed by atoms with van der Waals surface area (Å²) in [6, 6.07) is 12.3. The largest absolute Gasteiger partial charge is 0.368 e. The third-order valence-electron chi connectivity index (χ3n) is 3.09. The quantitative estimate of drug-likeness (QED) is 0.814. The number of carbonyl (C=O) groups is 2. The molecule has 20 heavy (non-hydrogen) atoms. The van der Waals surface area contributed by atoms with Crippen LogP contribution in [0.1, 0.15) is 16.8 Å². The molecule has 0 radical (unpaired) electrons. The van der Waals surface area contributed by atoms with Crippen molar-refractivity contribution < 1.29 is 9.59 Å². The van der Waals surface area contributed by atoms with Crippen LogP contribution in [0.3, 0.4) is 0 Å². The Balaban J connectivity index is 2.31. The van der Waals surface area contributed by atoms with Crippen LogP contribution in [0.4, 0.5) is 0 Å². The number of rotatable bonds is 5. The summed E-state index contributed by atoms with van der Waals surface area (Å²) in [5, 5.41) is 4.45. The molecule has 0 bridgehead atoms. The van der Waals surface area contributed by atoms with Crippen molar-refractivity contribution in [3.8, 4) is 0 Å². The third kappa shape index (κ3) is 2.85. The van der Waals surface area contributed by atoms with Crippen LogP contribution in [-0.2, 0) is 4.79 Å². The first-order valence-electron chi connectivity index (χ1n) is 6.32. The molecular formula is C16H16N2O2. The molecular weight excluding hydrogens is 252 g/mol. The van der Waals surface area contributed by atoms with Gasteiger partial charge < -0.3 is 11.1 Å². The van der Waals surface area contributed by atoms with Gasteiger partial charge in [0.1, 0.15) is 6.04 Å². The summed E-state index contributed by atoms with van der Waals surface area (Å²) < 4.78 is 0. The first kappa shape index (κ1) is 13.8. The lowest BCUT2D eigenvalue weighted by atomic mass is 10.0. The Labute approximate surface area is 117 Å². The monoisotopic (exact) mass is 268 g/mol. The van der Waals surface area contributed by atoms with Crippen molar-refractivity contribution in [2.45, 2.75) is 12.5 Å². The molecule has 0 heterocycles. The molecule has 0 aromatic heterocycles. The maximum atomic E-state index is 12.3. The first-order chi connectivity index (χ1) is 9.63. The van der Waals surface area contributed by atoms with Gasteiger partial charge in [0.2, 0.25) is 5.91 Å². The fraction of sp³-hybridized carbons (Fsp3) is 0.125. The lowest BCUT2D eigenvalue weighted by molar-refractivity contribution is -0.119. The molecule has 0 aliphatic rings. The van der Waals surface area contributed by atoms with Crippen molar-refractivity contribution in [3.63, 3.8) is 0 Å². The molecule has 2 amide bonds. The topological polar surface area (TPSA) is 72.2 Å². The Morgan fingerprint density at radius 1 is 1.20 bits per heavy atom. The molecule has 0 spiro atoms. The average molecular weight is 268 g/mol. The van der Waals surface area contributed by atoms with Gasteiger partial charge in [-0.05, 0) is 23.3 Å². The van der Waals surface area contributed by atoms with Crippen LogP contribution in [0.2, 0.25) is 0 Å². The number of benzene rings is 2. The SMILES string of the molecule is C=CC[C@@H](NC(=O)c1cccc2ccccc12)C(N)=O. The van der Waals surface area contributed by atoms with E-state index in [1.165, 1.54) is 0 Å². The van der Waals surface area contributed by atoms with Gasteiger partial charge in [-0.2, -0.15) is 0 Å². The lowest BCUT2D eigenvalue weighted by Gasteiger charge is -2.14. The summed E-state index contributed by atoms with van der Waals surface area (Å²) >= 11 is 0. The van der Waals surface area contributed by atoms with Crippen LogP contribution in [0, 0.1) is 0 Å². The highest BCUT2D eigenvalue weighted by atomic mass is 16.2. The molecule has 4 heteroatoms. The highest BCUT2D eigenvalue weighted by Crippen LogP contribution is 2.18. The predicted octanol–water partition coefficient (Wildman–Crippen LogP) is 2.00. The van der Waals surface area contributed by atoms with Crippen LogP contribution >= 0.6 is 0 Å². The van der Waals surface area contributed by atoms with Crippen LogP contribution in [0.5, 0.6) is 0 Å². The van der Waals surface area contributed by atoms with E-state index in [1.54, 1.807) is 12.1 Å². The van der Waals surface area contributed by atoms with E-state index in [-0.39, 0.29) is 5.91 Å². The Kier molecular flexibility index (Phi) is 4.15. The number of amides is 2. The van der Waals surface area contributed by atoms with Crippen molar-refractivity contribution in [2.75, 3.05) is 0 Å². The molecule has 0 fully saturated rings. The zero-order valence-corrected chi connectivity index (χ0v) is 11.0. The number of nitrogens with two attached hydrogens (primary N) is 1. The predicted molar refractivity (Wildman–Crippen MR) is 79.2 cm³/mol. The zero-order chi connectivity index (χ0) is 14.5. The lowest BCUT2D eigenvalue weighted by Crippen LogP contribution is -2.44. The van der Waals surface area contributed by atoms with E-state index in [1.807, 2.05) is 36.4 Å². The Bertz CT molecular complexity index is 659. The van der Waals surface area contributed by atoms with E-state index in [2.05, 4.69) is 11.9 Å². The molecule has 2 aromatic carbocycles. The van der Waals surface area contributed by atoms with Crippen molar-refractivity contribution in [2.24, 2.45) is 5.73 Å². The number of hydrogen-bond acceptors (Lipinski definition) is 2. The van der Waals surface area contributed by atoms with Gasteiger partial charge in [0, 0.05) is 5.56 Å². The van der Waals surface area contributed by atoms with Gasteiger partial charge in [0.15, 0.2) is 0 Å². The minimum Gasteiger partial charge on any atom is -0.368 e. The van der Waals surface area contributed by atoms with Gasteiger partial charge in [-0.25, -0.2) is 0 Å². The summed E-state index contributed by atoms with van der Waals surface area (Å²) in [6.45, 7) is 3.55. The smallest absolute Gasteiger partial charge is 0.252 e. The third-order valence-corrected chi connectivity index (χ3v) is 3.09. The van der Waals surface area contributed by atoms with E-state index in [9.17, 15) is 9.59 Å². The number of carbonyl (C=O) groups excluding carboxylic acids is 2. The summed E-state index contributed by atoms with van der Waals surface area (Å²) in [6.07, 6.45) is 1.87. The van der Waals surface area contributed by atoms with Crippen molar-refractivity contribution >= 4 is 22.6 Å². The Morgan fingerprint density at radius 3 is 2.60 bits per heavy atom. The van der Waals surface area contributed by atoms with E-state index in [4.69, 9.17) is 5.73 Å². The number of fused-ring (bicyclic) bond motifs is 1. The second-order valence-electron chi connectivity index (χ2n) is 4.48. The second kappa shape index (κ2) is 6.02.